The number of hydrogen-bond acceptors (Lipinski definition) is 4. The molecule has 0 aliphatic heterocycles. The van der Waals surface area contributed by atoms with Crippen LogP contribution in [-0.2, 0) is 0 Å². The maximum absolute atomic E-state index is 11.9. The largest absolute Gasteiger partial charge is 0.508 e. The van der Waals surface area contributed by atoms with Crippen LogP contribution < -0.4 is 5.32 Å². The SMILES string of the molecule is Cc1ccc(C(=O)Nc2cccc(C(=O)O)n2)cc1O. The summed E-state index contributed by atoms with van der Waals surface area (Å²) in [7, 11) is 0. The Kier molecular flexibility index (Phi) is 3.65. The summed E-state index contributed by atoms with van der Waals surface area (Å²) in [6.07, 6.45) is 0. The number of rotatable bonds is 3. The highest BCUT2D eigenvalue weighted by molar-refractivity contribution is 6.04. The van der Waals surface area contributed by atoms with Crippen LogP contribution in [0.1, 0.15) is 26.4 Å². The molecule has 0 unspecified atom stereocenters. The highest BCUT2D eigenvalue weighted by Gasteiger charge is 2.10. The molecule has 0 saturated heterocycles. The number of aromatic carboxylic acids is 1. The monoisotopic (exact) mass is 272 g/mol. The van der Waals surface area contributed by atoms with Gasteiger partial charge in [-0.1, -0.05) is 12.1 Å². The van der Waals surface area contributed by atoms with Crippen molar-refractivity contribution in [3.63, 3.8) is 0 Å². The highest BCUT2D eigenvalue weighted by Crippen LogP contribution is 2.18. The van der Waals surface area contributed by atoms with Gasteiger partial charge >= 0.3 is 5.97 Å². The zero-order valence-electron chi connectivity index (χ0n) is 10.6. The number of nitrogens with zero attached hydrogens (tertiary/aromatic N) is 1. The molecule has 2 rings (SSSR count). The van der Waals surface area contributed by atoms with Crippen LogP contribution >= 0.6 is 0 Å². The van der Waals surface area contributed by atoms with Crippen molar-refractivity contribution in [1.29, 1.82) is 0 Å². The lowest BCUT2D eigenvalue weighted by atomic mass is 10.1. The summed E-state index contributed by atoms with van der Waals surface area (Å²) in [5.74, 6) is -1.50. The standard InChI is InChI=1S/C14H12N2O4/c1-8-5-6-9(7-11(8)17)13(18)16-12-4-2-3-10(15-12)14(19)20/h2-7,17H,1H3,(H,19,20)(H,15,16,18). The van der Waals surface area contributed by atoms with Crippen LogP contribution in [0.2, 0.25) is 0 Å². The zero-order chi connectivity index (χ0) is 14.7. The number of nitrogens with one attached hydrogen (secondary N) is 1. The van der Waals surface area contributed by atoms with Crippen LogP contribution in [0.25, 0.3) is 0 Å². The van der Waals surface area contributed by atoms with Gasteiger partial charge in [-0.05, 0) is 36.8 Å². The number of amides is 1. The Morgan fingerprint density at radius 3 is 2.60 bits per heavy atom. The fourth-order valence-corrected chi connectivity index (χ4v) is 1.56. The van der Waals surface area contributed by atoms with E-state index in [0.717, 1.165) is 0 Å². The van der Waals surface area contributed by atoms with Crippen molar-refractivity contribution < 1.29 is 19.8 Å². The average Bonchev–Trinajstić information content (AvgIpc) is 2.42. The number of carbonyl (C=O) groups excluding carboxylic acids is 1. The van der Waals surface area contributed by atoms with Gasteiger partial charge in [0.05, 0.1) is 0 Å². The van der Waals surface area contributed by atoms with E-state index in [9.17, 15) is 14.7 Å². The van der Waals surface area contributed by atoms with Crippen molar-refractivity contribution in [2.24, 2.45) is 0 Å². The maximum Gasteiger partial charge on any atom is 0.354 e. The third kappa shape index (κ3) is 2.92. The number of anilines is 1. The molecular formula is C14H12N2O4. The third-order valence-electron chi connectivity index (χ3n) is 2.68. The number of hydrogen-bond donors (Lipinski definition) is 3. The van der Waals surface area contributed by atoms with Gasteiger partial charge < -0.3 is 15.5 Å². The van der Waals surface area contributed by atoms with Gasteiger partial charge in [-0.15, -0.1) is 0 Å². The van der Waals surface area contributed by atoms with Gasteiger partial charge in [-0.3, -0.25) is 4.79 Å². The van der Waals surface area contributed by atoms with Gasteiger partial charge in [0.1, 0.15) is 11.6 Å². The molecule has 3 N–H and O–H groups in total. The number of phenolic OH excluding ortho intramolecular Hbond substituents is 1. The average molecular weight is 272 g/mol. The first kappa shape index (κ1) is 13.5. The van der Waals surface area contributed by atoms with Crippen molar-refractivity contribution in [2.75, 3.05) is 5.32 Å². The number of phenols is 1. The van der Waals surface area contributed by atoms with Crippen molar-refractivity contribution >= 4 is 17.7 Å². The fraction of sp³-hybridized carbons (Fsp3) is 0.0714. The minimum absolute atomic E-state index is 0.0184. The van der Waals surface area contributed by atoms with E-state index in [1.807, 2.05) is 0 Å². The molecule has 6 heteroatoms. The molecule has 1 amide bonds. The van der Waals surface area contributed by atoms with E-state index in [1.165, 1.54) is 24.3 Å². The second kappa shape index (κ2) is 5.40. The normalized spacial score (nSPS) is 10.1. The van der Waals surface area contributed by atoms with E-state index < -0.39 is 11.9 Å². The van der Waals surface area contributed by atoms with Crippen molar-refractivity contribution in [1.82, 2.24) is 4.98 Å². The van der Waals surface area contributed by atoms with E-state index in [4.69, 9.17) is 5.11 Å². The Balaban J connectivity index is 2.21. The van der Waals surface area contributed by atoms with E-state index >= 15 is 0 Å². The van der Waals surface area contributed by atoms with E-state index in [-0.39, 0.29) is 22.8 Å². The molecule has 0 aliphatic carbocycles. The molecule has 0 spiro atoms. The number of aromatic nitrogens is 1. The molecule has 1 aromatic heterocycles. The molecule has 0 radical (unpaired) electrons. The van der Waals surface area contributed by atoms with Gasteiger partial charge in [0, 0.05) is 5.56 Å². The lowest BCUT2D eigenvalue weighted by Gasteiger charge is -2.06. The van der Waals surface area contributed by atoms with Crippen LogP contribution in [0.5, 0.6) is 5.75 Å². The molecule has 0 bridgehead atoms. The number of benzene rings is 1. The molecule has 2 aromatic rings. The zero-order valence-corrected chi connectivity index (χ0v) is 10.6. The fourth-order valence-electron chi connectivity index (χ4n) is 1.56. The smallest absolute Gasteiger partial charge is 0.354 e. The molecule has 20 heavy (non-hydrogen) atoms. The Morgan fingerprint density at radius 2 is 1.95 bits per heavy atom. The molecule has 1 heterocycles. The molecule has 102 valence electrons. The number of pyridine rings is 1. The molecule has 0 fully saturated rings. The highest BCUT2D eigenvalue weighted by atomic mass is 16.4. The van der Waals surface area contributed by atoms with Crippen LogP contribution in [0.3, 0.4) is 0 Å². The van der Waals surface area contributed by atoms with Crippen LogP contribution in [0, 0.1) is 6.92 Å². The first-order valence-electron chi connectivity index (χ1n) is 5.78. The topological polar surface area (TPSA) is 99.5 Å². The lowest BCUT2D eigenvalue weighted by molar-refractivity contribution is 0.0690. The molecule has 1 aromatic carbocycles. The van der Waals surface area contributed by atoms with E-state index in [2.05, 4.69) is 10.3 Å². The van der Waals surface area contributed by atoms with Crippen LogP contribution in [0.4, 0.5) is 5.82 Å². The molecule has 0 saturated carbocycles. The summed E-state index contributed by atoms with van der Waals surface area (Å²) in [5, 5.41) is 20.9. The second-order valence-electron chi connectivity index (χ2n) is 4.17. The van der Waals surface area contributed by atoms with Crippen LogP contribution in [0.15, 0.2) is 36.4 Å². The quantitative estimate of drug-likeness (QED) is 0.794. The molecule has 0 atom stereocenters. The Labute approximate surface area is 114 Å². The summed E-state index contributed by atoms with van der Waals surface area (Å²) >= 11 is 0. The predicted molar refractivity (Wildman–Crippen MR) is 72.0 cm³/mol. The van der Waals surface area contributed by atoms with Gasteiger partial charge in [-0.25, -0.2) is 9.78 Å². The predicted octanol–water partition coefficient (Wildman–Crippen LogP) is 2.05. The summed E-state index contributed by atoms with van der Waals surface area (Å²) in [4.78, 5) is 26.5. The van der Waals surface area contributed by atoms with Gasteiger partial charge in [0.15, 0.2) is 5.69 Å². The second-order valence-corrected chi connectivity index (χ2v) is 4.17. The number of carboxylic acid groups (broad SMARTS) is 1. The van der Waals surface area contributed by atoms with Crippen LogP contribution in [-0.4, -0.2) is 27.1 Å². The minimum Gasteiger partial charge on any atom is -0.508 e. The van der Waals surface area contributed by atoms with Crippen molar-refractivity contribution in [2.45, 2.75) is 6.92 Å². The maximum atomic E-state index is 11.9. The van der Waals surface area contributed by atoms with Crippen molar-refractivity contribution in [3.05, 3.63) is 53.2 Å². The molecule has 0 aliphatic rings. The molecule has 6 nitrogen and oxygen atoms in total. The summed E-state index contributed by atoms with van der Waals surface area (Å²) < 4.78 is 0. The minimum atomic E-state index is -1.17. The summed E-state index contributed by atoms with van der Waals surface area (Å²) in [5.41, 5.74) is 0.762. The Bertz CT molecular complexity index is 683. The summed E-state index contributed by atoms with van der Waals surface area (Å²) in [6.45, 7) is 1.72. The number of carboxylic acids is 1. The number of aryl methyl sites for hydroxylation is 1. The Morgan fingerprint density at radius 1 is 1.20 bits per heavy atom. The first-order chi connectivity index (χ1) is 9.47. The number of carbonyl (C=O) groups is 2. The number of aromatic hydroxyl groups is 1. The third-order valence-corrected chi connectivity index (χ3v) is 2.68. The van der Waals surface area contributed by atoms with Crippen molar-refractivity contribution in [3.8, 4) is 5.75 Å². The molecular weight excluding hydrogens is 260 g/mol. The lowest BCUT2D eigenvalue weighted by Crippen LogP contribution is -2.14. The Hall–Kier alpha value is -2.89. The van der Waals surface area contributed by atoms with Gasteiger partial charge in [0.2, 0.25) is 0 Å². The summed E-state index contributed by atoms with van der Waals surface area (Å²) in [6, 6.07) is 8.81. The van der Waals surface area contributed by atoms with E-state index in [0.29, 0.717) is 5.56 Å². The van der Waals surface area contributed by atoms with Gasteiger partial charge in [-0.2, -0.15) is 0 Å². The van der Waals surface area contributed by atoms with Gasteiger partial charge in [0.25, 0.3) is 5.91 Å². The van der Waals surface area contributed by atoms with E-state index in [1.54, 1.807) is 19.1 Å². The first-order valence-corrected chi connectivity index (χ1v) is 5.78.